The van der Waals surface area contributed by atoms with E-state index >= 15 is 0 Å². The molecule has 0 aliphatic heterocycles. The first kappa shape index (κ1) is 19.8. The molecular formula is C23H22N4O2S. The van der Waals surface area contributed by atoms with E-state index < -0.39 is 10.0 Å². The summed E-state index contributed by atoms with van der Waals surface area (Å²) in [7, 11) is -3.85. The van der Waals surface area contributed by atoms with Gasteiger partial charge in [0.25, 0.3) is 10.0 Å². The molecule has 0 unspecified atom stereocenters. The lowest BCUT2D eigenvalue weighted by Crippen LogP contribution is -2.17. The van der Waals surface area contributed by atoms with Crippen molar-refractivity contribution in [3.05, 3.63) is 83.4 Å². The van der Waals surface area contributed by atoms with E-state index in [9.17, 15) is 8.42 Å². The summed E-state index contributed by atoms with van der Waals surface area (Å²) in [5.41, 5.74) is 4.67. The van der Waals surface area contributed by atoms with Crippen LogP contribution in [0, 0.1) is 20.8 Å². The van der Waals surface area contributed by atoms with Crippen LogP contribution in [0.4, 0.5) is 17.3 Å². The second-order valence-electron chi connectivity index (χ2n) is 7.28. The minimum atomic E-state index is -3.85. The number of aryl methyl sites for hydroxylation is 3. The highest BCUT2D eigenvalue weighted by atomic mass is 32.2. The Labute approximate surface area is 176 Å². The van der Waals surface area contributed by atoms with Crippen LogP contribution < -0.4 is 10.0 Å². The first-order valence-electron chi connectivity index (χ1n) is 9.52. The van der Waals surface area contributed by atoms with Crippen LogP contribution in [0.1, 0.15) is 16.7 Å². The van der Waals surface area contributed by atoms with Crippen molar-refractivity contribution in [1.82, 2.24) is 9.97 Å². The van der Waals surface area contributed by atoms with Crippen molar-refractivity contribution < 1.29 is 8.42 Å². The molecule has 30 heavy (non-hydrogen) atoms. The molecule has 4 aromatic rings. The van der Waals surface area contributed by atoms with Crippen LogP contribution in [-0.4, -0.2) is 18.4 Å². The van der Waals surface area contributed by atoms with Gasteiger partial charge in [0.15, 0.2) is 11.6 Å². The number of rotatable bonds is 5. The van der Waals surface area contributed by atoms with E-state index in [0.29, 0.717) is 22.4 Å². The summed E-state index contributed by atoms with van der Waals surface area (Å²) in [4.78, 5) is 9.38. The third-order valence-corrected chi connectivity index (χ3v) is 6.20. The fourth-order valence-electron chi connectivity index (χ4n) is 3.20. The van der Waals surface area contributed by atoms with Gasteiger partial charge in [-0.2, -0.15) is 0 Å². The highest BCUT2D eigenvalue weighted by Crippen LogP contribution is 2.28. The van der Waals surface area contributed by atoms with Gasteiger partial charge in [0.2, 0.25) is 0 Å². The maximum atomic E-state index is 13.2. The molecule has 3 aromatic carbocycles. The van der Waals surface area contributed by atoms with Crippen LogP contribution in [0.2, 0.25) is 0 Å². The van der Waals surface area contributed by atoms with E-state index in [1.807, 2.05) is 62.4 Å². The van der Waals surface area contributed by atoms with Crippen LogP contribution >= 0.6 is 0 Å². The van der Waals surface area contributed by atoms with Crippen LogP contribution in [0.25, 0.3) is 11.0 Å². The molecule has 0 saturated heterocycles. The van der Waals surface area contributed by atoms with Crippen LogP contribution in [0.3, 0.4) is 0 Å². The number of aromatic nitrogens is 2. The van der Waals surface area contributed by atoms with Crippen molar-refractivity contribution in [3.63, 3.8) is 0 Å². The number of anilines is 3. The van der Waals surface area contributed by atoms with E-state index in [1.54, 1.807) is 25.1 Å². The summed E-state index contributed by atoms with van der Waals surface area (Å²) >= 11 is 0. The van der Waals surface area contributed by atoms with Crippen LogP contribution in [0.5, 0.6) is 0 Å². The summed E-state index contributed by atoms with van der Waals surface area (Å²) in [6.07, 6.45) is 0. The minimum Gasteiger partial charge on any atom is -0.337 e. The van der Waals surface area contributed by atoms with Crippen LogP contribution in [-0.2, 0) is 10.0 Å². The SMILES string of the molecule is Cc1cccc(Nc2nc3ccccc3nc2NS(=O)(=O)c2cc(C)ccc2C)c1. The van der Waals surface area contributed by atoms with Gasteiger partial charge in [-0.15, -0.1) is 0 Å². The highest BCUT2D eigenvalue weighted by Gasteiger charge is 2.21. The average Bonchev–Trinajstić information content (AvgIpc) is 2.70. The molecule has 2 N–H and O–H groups in total. The monoisotopic (exact) mass is 418 g/mol. The third-order valence-electron chi connectivity index (χ3n) is 4.72. The average molecular weight is 419 g/mol. The Balaban J connectivity index is 1.81. The number of hydrogen-bond acceptors (Lipinski definition) is 5. The van der Waals surface area contributed by atoms with Gasteiger partial charge in [0.1, 0.15) is 0 Å². The molecule has 0 fully saturated rings. The normalized spacial score (nSPS) is 11.4. The smallest absolute Gasteiger partial charge is 0.263 e. The molecule has 1 aromatic heterocycles. The number of para-hydroxylation sites is 2. The molecule has 1 heterocycles. The van der Waals surface area contributed by atoms with Crippen LogP contribution in [0.15, 0.2) is 71.6 Å². The van der Waals surface area contributed by atoms with Gasteiger partial charge in [-0.1, -0.05) is 36.4 Å². The topological polar surface area (TPSA) is 84.0 Å². The molecule has 0 aliphatic rings. The Bertz CT molecular complexity index is 1350. The predicted octanol–water partition coefficient (Wildman–Crippen LogP) is 5.10. The largest absolute Gasteiger partial charge is 0.337 e. The van der Waals surface area contributed by atoms with E-state index in [2.05, 4.69) is 20.0 Å². The zero-order valence-electron chi connectivity index (χ0n) is 17.0. The van der Waals surface area contributed by atoms with E-state index in [-0.39, 0.29) is 10.7 Å². The molecule has 0 aliphatic carbocycles. The molecule has 0 spiro atoms. The van der Waals surface area contributed by atoms with Crippen molar-refractivity contribution in [1.29, 1.82) is 0 Å². The number of benzene rings is 3. The first-order valence-corrected chi connectivity index (χ1v) is 11.0. The maximum absolute atomic E-state index is 13.2. The molecule has 152 valence electrons. The lowest BCUT2D eigenvalue weighted by atomic mass is 10.2. The Morgan fingerprint density at radius 1 is 0.733 bits per heavy atom. The van der Waals surface area contributed by atoms with Gasteiger partial charge in [0.05, 0.1) is 15.9 Å². The zero-order chi connectivity index (χ0) is 21.3. The fourth-order valence-corrected chi connectivity index (χ4v) is 4.54. The van der Waals surface area contributed by atoms with Crippen molar-refractivity contribution in [2.24, 2.45) is 0 Å². The predicted molar refractivity (Wildman–Crippen MR) is 121 cm³/mol. The van der Waals surface area contributed by atoms with Crippen molar-refractivity contribution in [3.8, 4) is 0 Å². The quantitative estimate of drug-likeness (QED) is 0.471. The summed E-state index contributed by atoms with van der Waals surface area (Å²) in [5, 5.41) is 3.20. The second-order valence-corrected chi connectivity index (χ2v) is 8.93. The van der Waals surface area contributed by atoms with Crippen molar-refractivity contribution >= 4 is 38.4 Å². The summed E-state index contributed by atoms with van der Waals surface area (Å²) in [6.45, 7) is 5.62. The number of sulfonamides is 1. The molecule has 0 amide bonds. The van der Waals surface area contributed by atoms with E-state index in [4.69, 9.17) is 0 Å². The molecule has 0 radical (unpaired) electrons. The lowest BCUT2D eigenvalue weighted by molar-refractivity contribution is 0.600. The van der Waals surface area contributed by atoms with Gasteiger partial charge in [-0.25, -0.2) is 18.4 Å². The first-order chi connectivity index (χ1) is 14.3. The Morgan fingerprint density at radius 3 is 2.10 bits per heavy atom. The molecule has 0 bridgehead atoms. The summed E-state index contributed by atoms with van der Waals surface area (Å²) in [5.74, 6) is 0.490. The maximum Gasteiger partial charge on any atom is 0.263 e. The molecular weight excluding hydrogens is 396 g/mol. The van der Waals surface area contributed by atoms with Gasteiger partial charge in [0, 0.05) is 5.69 Å². The van der Waals surface area contributed by atoms with Gasteiger partial charge in [-0.3, -0.25) is 4.72 Å². The lowest BCUT2D eigenvalue weighted by Gasteiger charge is -2.15. The van der Waals surface area contributed by atoms with Gasteiger partial charge >= 0.3 is 0 Å². The molecule has 0 saturated carbocycles. The number of hydrogen-bond donors (Lipinski definition) is 2. The fraction of sp³-hybridized carbons (Fsp3) is 0.130. The third kappa shape index (κ3) is 4.11. The number of nitrogens with zero attached hydrogens (tertiary/aromatic N) is 2. The van der Waals surface area contributed by atoms with Gasteiger partial charge in [-0.05, 0) is 67.8 Å². The number of nitrogens with one attached hydrogen (secondary N) is 2. The zero-order valence-corrected chi connectivity index (χ0v) is 17.8. The Hall–Kier alpha value is -3.45. The highest BCUT2D eigenvalue weighted by molar-refractivity contribution is 7.92. The molecule has 0 atom stereocenters. The van der Waals surface area contributed by atoms with E-state index in [0.717, 1.165) is 16.8 Å². The number of fused-ring (bicyclic) bond motifs is 1. The van der Waals surface area contributed by atoms with Crippen molar-refractivity contribution in [2.45, 2.75) is 25.7 Å². The Kier molecular flexibility index (Phi) is 5.13. The standard InChI is InChI=1S/C23H22N4O2S/c1-15-7-6-8-18(13-15)24-22-23(26-20-10-5-4-9-19(20)25-22)27-30(28,29)21-14-16(2)11-12-17(21)3/h4-14H,1-3H3,(H,24,25)(H,26,27). The minimum absolute atomic E-state index is 0.149. The molecule has 4 rings (SSSR count). The van der Waals surface area contributed by atoms with Gasteiger partial charge < -0.3 is 5.32 Å². The molecule has 6 nitrogen and oxygen atoms in total. The summed E-state index contributed by atoms with van der Waals surface area (Å²) < 4.78 is 29.0. The second kappa shape index (κ2) is 7.76. The summed E-state index contributed by atoms with van der Waals surface area (Å²) in [6, 6.07) is 20.4. The van der Waals surface area contributed by atoms with E-state index in [1.165, 1.54) is 0 Å². The Morgan fingerprint density at radius 2 is 1.40 bits per heavy atom. The van der Waals surface area contributed by atoms with Crippen molar-refractivity contribution in [2.75, 3.05) is 10.0 Å². The molecule has 7 heteroatoms.